The van der Waals surface area contributed by atoms with Crippen LogP contribution >= 0.6 is 0 Å². The van der Waals surface area contributed by atoms with Crippen LogP contribution in [0.3, 0.4) is 0 Å². The molecule has 0 saturated heterocycles. The number of rotatable bonds is 6. The number of carbonyl (C=O) groups excluding carboxylic acids is 1. The highest BCUT2D eigenvalue weighted by Gasteiger charge is 2.29. The van der Waals surface area contributed by atoms with Gasteiger partial charge in [-0.2, -0.15) is 0 Å². The van der Waals surface area contributed by atoms with Crippen molar-refractivity contribution in [3.63, 3.8) is 0 Å². The van der Waals surface area contributed by atoms with Crippen LogP contribution in [0.15, 0.2) is 63.8 Å². The van der Waals surface area contributed by atoms with Crippen LogP contribution in [0.4, 0.5) is 0 Å². The number of aromatic amines is 1. The maximum atomic E-state index is 12.6. The van der Waals surface area contributed by atoms with Gasteiger partial charge in [-0.15, -0.1) is 10.2 Å². The van der Waals surface area contributed by atoms with Gasteiger partial charge in [0, 0.05) is 30.4 Å². The molecule has 4 aromatic rings. The van der Waals surface area contributed by atoms with E-state index in [-0.39, 0.29) is 23.3 Å². The minimum Gasteiger partial charge on any atom is -0.420 e. The standard InChI is InChI=1S/C25H25N5O3/c31-22(26-15-14-21-27-20-9-5-4-8-19(20)23(32)28-21)16-10-12-18(13-11-16)25-30-29-24(33-25)17-6-2-1-3-7-17/h1-9,16,18H,10-15H2,(H,26,31)(H,27,28,32). The Morgan fingerprint density at radius 2 is 1.76 bits per heavy atom. The fraction of sp³-hybridized carbons (Fsp3) is 0.320. The van der Waals surface area contributed by atoms with Gasteiger partial charge < -0.3 is 14.7 Å². The highest BCUT2D eigenvalue weighted by atomic mass is 16.4. The molecular weight excluding hydrogens is 418 g/mol. The van der Waals surface area contributed by atoms with Gasteiger partial charge >= 0.3 is 0 Å². The zero-order chi connectivity index (χ0) is 22.6. The van der Waals surface area contributed by atoms with E-state index in [9.17, 15) is 9.59 Å². The SMILES string of the molecule is O=C(NCCc1nc2ccccc2c(=O)[nH]1)C1CCC(c2nnc(-c3ccccc3)o2)CC1. The van der Waals surface area contributed by atoms with Crippen molar-refractivity contribution in [1.29, 1.82) is 0 Å². The van der Waals surface area contributed by atoms with E-state index in [4.69, 9.17) is 4.42 Å². The molecule has 1 fully saturated rings. The summed E-state index contributed by atoms with van der Waals surface area (Å²) in [5.74, 6) is 1.97. The normalized spacial score (nSPS) is 18.3. The molecule has 0 bridgehead atoms. The summed E-state index contributed by atoms with van der Waals surface area (Å²) < 4.78 is 5.90. The van der Waals surface area contributed by atoms with Crippen LogP contribution in [-0.2, 0) is 11.2 Å². The Morgan fingerprint density at radius 3 is 2.58 bits per heavy atom. The molecule has 2 aromatic heterocycles. The molecule has 1 aliphatic rings. The highest BCUT2D eigenvalue weighted by molar-refractivity contribution is 5.79. The summed E-state index contributed by atoms with van der Waals surface area (Å²) in [6, 6.07) is 17.0. The predicted octanol–water partition coefficient (Wildman–Crippen LogP) is 3.61. The van der Waals surface area contributed by atoms with Crippen molar-refractivity contribution in [2.24, 2.45) is 5.92 Å². The molecule has 1 saturated carbocycles. The quantitative estimate of drug-likeness (QED) is 0.471. The smallest absolute Gasteiger partial charge is 0.258 e. The number of nitrogens with zero attached hydrogens (tertiary/aromatic N) is 3. The summed E-state index contributed by atoms with van der Waals surface area (Å²) in [6.07, 6.45) is 3.72. The van der Waals surface area contributed by atoms with E-state index in [0.29, 0.717) is 41.5 Å². The van der Waals surface area contributed by atoms with Crippen molar-refractivity contribution >= 4 is 16.8 Å². The molecule has 0 aliphatic heterocycles. The Kier molecular flexibility index (Phi) is 5.97. The largest absolute Gasteiger partial charge is 0.420 e. The van der Waals surface area contributed by atoms with Crippen LogP contribution in [-0.4, -0.2) is 32.6 Å². The van der Waals surface area contributed by atoms with Gasteiger partial charge in [-0.05, 0) is 49.9 Å². The Balaban J connectivity index is 1.12. The molecule has 2 aromatic carbocycles. The minimum atomic E-state index is -0.156. The third-order valence-electron chi connectivity index (χ3n) is 6.23. The molecule has 0 radical (unpaired) electrons. The molecule has 168 valence electrons. The minimum absolute atomic E-state index is 0.0265. The number of hydrogen-bond donors (Lipinski definition) is 2. The molecule has 5 rings (SSSR count). The van der Waals surface area contributed by atoms with Crippen LogP contribution in [0, 0.1) is 5.92 Å². The number of aromatic nitrogens is 4. The number of amides is 1. The molecule has 2 N–H and O–H groups in total. The first-order valence-electron chi connectivity index (χ1n) is 11.3. The summed E-state index contributed by atoms with van der Waals surface area (Å²) in [5, 5.41) is 12.0. The highest BCUT2D eigenvalue weighted by Crippen LogP contribution is 2.36. The first-order chi connectivity index (χ1) is 16.2. The molecule has 1 amide bonds. The second-order valence-electron chi connectivity index (χ2n) is 8.43. The van der Waals surface area contributed by atoms with Crippen molar-refractivity contribution in [2.45, 2.75) is 38.0 Å². The van der Waals surface area contributed by atoms with Crippen molar-refractivity contribution < 1.29 is 9.21 Å². The van der Waals surface area contributed by atoms with Crippen LogP contribution < -0.4 is 10.9 Å². The maximum Gasteiger partial charge on any atom is 0.258 e. The van der Waals surface area contributed by atoms with Gasteiger partial charge in [-0.1, -0.05) is 30.3 Å². The molecule has 0 unspecified atom stereocenters. The molecule has 0 spiro atoms. The average Bonchev–Trinajstić information content (AvgIpc) is 3.35. The van der Waals surface area contributed by atoms with E-state index in [1.54, 1.807) is 6.07 Å². The van der Waals surface area contributed by atoms with E-state index in [1.165, 1.54) is 0 Å². The van der Waals surface area contributed by atoms with Crippen LogP contribution in [0.25, 0.3) is 22.4 Å². The Morgan fingerprint density at radius 1 is 1.00 bits per heavy atom. The fourth-order valence-electron chi connectivity index (χ4n) is 4.40. The van der Waals surface area contributed by atoms with Crippen LogP contribution in [0.2, 0.25) is 0 Å². The Bertz CT molecular complexity index is 1310. The Hall–Kier alpha value is -3.81. The first kappa shape index (κ1) is 21.1. The predicted molar refractivity (Wildman–Crippen MR) is 124 cm³/mol. The van der Waals surface area contributed by atoms with E-state index in [1.807, 2.05) is 48.5 Å². The summed E-state index contributed by atoms with van der Waals surface area (Å²) in [6.45, 7) is 0.435. The number of nitrogens with one attached hydrogen (secondary N) is 2. The lowest BCUT2D eigenvalue weighted by Gasteiger charge is -2.25. The van der Waals surface area contributed by atoms with Crippen molar-refractivity contribution in [3.8, 4) is 11.5 Å². The van der Waals surface area contributed by atoms with Crippen molar-refractivity contribution in [2.75, 3.05) is 6.54 Å². The molecule has 8 nitrogen and oxygen atoms in total. The topological polar surface area (TPSA) is 114 Å². The van der Waals surface area contributed by atoms with Gasteiger partial charge in [0.25, 0.3) is 5.56 Å². The van der Waals surface area contributed by atoms with Crippen LogP contribution in [0.1, 0.15) is 43.3 Å². The van der Waals surface area contributed by atoms with E-state index < -0.39 is 0 Å². The van der Waals surface area contributed by atoms with Crippen LogP contribution in [0.5, 0.6) is 0 Å². The van der Waals surface area contributed by atoms with E-state index in [0.717, 1.165) is 31.2 Å². The Labute approximate surface area is 190 Å². The molecular formula is C25H25N5O3. The lowest BCUT2D eigenvalue weighted by Crippen LogP contribution is -2.34. The van der Waals surface area contributed by atoms with E-state index >= 15 is 0 Å². The first-order valence-corrected chi connectivity index (χ1v) is 11.3. The van der Waals surface area contributed by atoms with Crippen molar-refractivity contribution in [3.05, 3.63) is 76.7 Å². The summed E-state index contributed by atoms with van der Waals surface area (Å²) in [7, 11) is 0. The molecule has 33 heavy (non-hydrogen) atoms. The van der Waals surface area contributed by atoms with E-state index in [2.05, 4.69) is 25.5 Å². The number of fused-ring (bicyclic) bond motifs is 1. The third-order valence-corrected chi connectivity index (χ3v) is 6.23. The third kappa shape index (κ3) is 4.69. The summed E-state index contributed by atoms with van der Waals surface area (Å²) >= 11 is 0. The lowest BCUT2D eigenvalue weighted by molar-refractivity contribution is -0.126. The number of benzene rings is 2. The van der Waals surface area contributed by atoms with Gasteiger partial charge in [0.15, 0.2) is 0 Å². The average molecular weight is 444 g/mol. The number of hydrogen-bond acceptors (Lipinski definition) is 6. The maximum absolute atomic E-state index is 12.6. The molecule has 0 atom stereocenters. The molecule has 8 heteroatoms. The number of H-pyrrole nitrogens is 1. The monoisotopic (exact) mass is 443 g/mol. The zero-order valence-electron chi connectivity index (χ0n) is 18.2. The van der Waals surface area contributed by atoms with Gasteiger partial charge in [0.1, 0.15) is 5.82 Å². The second kappa shape index (κ2) is 9.36. The number of para-hydroxylation sites is 1. The zero-order valence-corrected chi connectivity index (χ0v) is 18.2. The molecule has 1 aliphatic carbocycles. The lowest BCUT2D eigenvalue weighted by atomic mass is 9.81. The van der Waals surface area contributed by atoms with Gasteiger partial charge in [0.2, 0.25) is 17.7 Å². The molecule has 2 heterocycles. The fourth-order valence-corrected chi connectivity index (χ4v) is 4.40. The second-order valence-corrected chi connectivity index (χ2v) is 8.43. The van der Waals surface area contributed by atoms with Crippen molar-refractivity contribution in [1.82, 2.24) is 25.5 Å². The summed E-state index contributed by atoms with van der Waals surface area (Å²) in [4.78, 5) is 32.1. The van der Waals surface area contributed by atoms with Gasteiger partial charge in [0.05, 0.1) is 10.9 Å². The van der Waals surface area contributed by atoms with Gasteiger partial charge in [-0.25, -0.2) is 4.98 Å². The van der Waals surface area contributed by atoms with Gasteiger partial charge in [-0.3, -0.25) is 9.59 Å². The summed E-state index contributed by atoms with van der Waals surface area (Å²) in [5.41, 5.74) is 1.42. The number of carbonyl (C=O) groups is 1.